The fourth-order valence-corrected chi connectivity index (χ4v) is 4.01. The number of furan rings is 1. The maximum Gasteiger partial charge on any atom is 0.227 e. The molecule has 2 aromatic heterocycles. The second-order valence-corrected chi connectivity index (χ2v) is 8.43. The van der Waals surface area contributed by atoms with Crippen LogP contribution in [0.2, 0.25) is 0 Å². The number of ether oxygens (including phenoxy) is 3. The third-order valence-electron chi connectivity index (χ3n) is 5.74. The highest BCUT2D eigenvalue weighted by atomic mass is 16.5. The minimum absolute atomic E-state index is 0.262. The van der Waals surface area contributed by atoms with Crippen molar-refractivity contribution in [3.8, 4) is 23.1 Å². The molecule has 0 saturated heterocycles. The van der Waals surface area contributed by atoms with Gasteiger partial charge in [0.1, 0.15) is 5.76 Å². The number of hydrogen-bond acceptors (Lipinski definition) is 7. The van der Waals surface area contributed by atoms with Crippen molar-refractivity contribution in [1.82, 2.24) is 14.7 Å². The Morgan fingerprint density at radius 3 is 2.44 bits per heavy atom. The summed E-state index contributed by atoms with van der Waals surface area (Å²) < 4.78 is 24.9. The van der Waals surface area contributed by atoms with E-state index in [-0.39, 0.29) is 6.61 Å². The summed E-state index contributed by atoms with van der Waals surface area (Å²) in [5.41, 5.74) is 2.61. The van der Waals surface area contributed by atoms with E-state index in [1.54, 1.807) is 18.1 Å². The van der Waals surface area contributed by atoms with Crippen molar-refractivity contribution >= 4 is 0 Å². The van der Waals surface area contributed by atoms with Crippen LogP contribution >= 0.6 is 0 Å². The van der Waals surface area contributed by atoms with E-state index in [0.717, 1.165) is 22.7 Å². The number of aromatic nitrogens is 2. The van der Waals surface area contributed by atoms with Gasteiger partial charge < -0.3 is 23.7 Å². The zero-order valence-corrected chi connectivity index (χ0v) is 21.0. The lowest BCUT2D eigenvalue weighted by molar-refractivity contribution is 0.0166. The van der Waals surface area contributed by atoms with Crippen LogP contribution < -0.4 is 9.47 Å². The van der Waals surface area contributed by atoms with Gasteiger partial charge in [-0.2, -0.15) is 5.10 Å². The quantitative estimate of drug-likeness (QED) is 0.283. The highest BCUT2D eigenvalue weighted by molar-refractivity contribution is 5.47. The van der Waals surface area contributed by atoms with E-state index in [2.05, 4.69) is 4.90 Å². The largest absolute Gasteiger partial charge is 0.493 e. The lowest BCUT2D eigenvalue weighted by atomic mass is 10.2. The first-order valence-electron chi connectivity index (χ1n) is 12.0. The molecule has 0 aliphatic carbocycles. The minimum Gasteiger partial charge on any atom is -0.493 e. The summed E-state index contributed by atoms with van der Waals surface area (Å²) in [7, 11) is 1.62. The maximum absolute atomic E-state index is 10.6. The minimum atomic E-state index is -0.650. The van der Waals surface area contributed by atoms with Gasteiger partial charge >= 0.3 is 0 Å². The second kappa shape index (κ2) is 12.4. The van der Waals surface area contributed by atoms with Crippen LogP contribution in [0.3, 0.4) is 0 Å². The van der Waals surface area contributed by atoms with Gasteiger partial charge in [0.15, 0.2) is 11.5 Å². The Bertz CT molecular complexity index is 1210. The summed E-state index contributed by atoms with van der Waals surface area (Å²) in [6.45, 7) is 6.08. The van der Waals surface area contributed by atoms with Crippen molar-refractivity contribution in [2.45, 2.75) is 33.0 Å². The Labute approximate surface area is 211 Å². The SMILES string of the molecule is CCOC[C@H](O)CN(Cc1ccco1)Cc1c(C)nn(-c2ccccc2)c1Oc1ccccc1OC. The average molecular weight is 492 g/mol. The molecule has 0 radical (unpaired) electrons. The topological polar surface area (TPSA) is 82.1 Å². The number of aliphatic hydroxyl groups is 1. The van der Waals surface area contributed by atoms with Crippen molar-refractivity contribution in [2.24, 2.45) is 0 Å². The lowest BCUT2D eigenvalue weighted by Gasteiger charge is -2.24. The Kier molecular flexibility index (Phi) is 8.78. The van der Waals surface area contributed by atoms with Gasteiger partial charge in [0.25, 0.3) is 0 Å². The van der Waals surface area contributed by atoms with Gasteiger partial charge in [-0.25, -0.2) is 4.68 Å². The molecule has 190 valence electrons. The number of hydrogen-bond donors (Lipinski definition) is 1. The van der Waals surface area contributed by atoms with E-state index >= 15 is 0 Å². The molecule has 0 bridgehead atoms. The predicted molar refractivity (Wildman–Crippen MR) is 137 cm³/mol. The monoisotopic (exact) mass is 491 g/mol. The van der Waals surface area contributed by atoms with Gasteiger partial charge in [-0.3, -0.25) is 4.90 Å². The first-order chi connectivity index (χ1) is 17.6. The molecule has 0 aliphatic heterocycles. The number of nitrogens with zero attached hydrogens (tertiary/aromatic N) is 3. The van der Waals surface area contributed by atoms with E-state index in [9.17, 15) is 5.11 Å². The van der Waals surface area contributed by atoms with Crippen molar-refractivity contribution < 1.29 is 23.7 Å². The first-order valence-corrected chi connectivity index (χ1v) is 12.0. The third kappa shape index (κ3) is 6.34. The summed E-state index contributed by atoms with van der Waals surface area (Å²) in [5, 5.41) is 15.4. The number of aliphatic hydroxyl groups excluding tert-OH is 1. The Morgan fingerprint density at radius 1 is 1.00 bits per heavy atom. The van der Waals surface area contributed by atoms with E-state index < -0.39 is 6.10 Å². The predicted octanol–water partition coefficient (Wildman–Crippen LogP) is 4.97. The van der Waals surface area contributed by atoms with Gasteiger partial charge in [0.05, 0.1) is 49.6 Å². The molecule has 1 N–H and O–H groups in total. The Morgan fingerprint density at radius 2 is 1.75 bits per heavy atom. The zero-order chi connectivity index (χ0) is 25.3. The second-order valence-electron chi connectivity index (χ2n) is 8.43. The molecule has 0 aliphatic rings. The molecule has 4 aromatic rings. The van der Waals surface area contributed by atoms with Crippen LogP contribution in [0.1, 0.15) is 23.9 Å². The first kappa shape index (κ1) is 25.5. The van der Waals surface area contributed by atoms with Crippen molar-refractivity contribution in [3.63, 3.8) is 0 Å². The van der Waals surface area contributed by atoms with E-state index in [0.29, 0.717) is 43.6 Å². The van der Waals surface area contributed by atoms with Crippen molar-refractivity contribution in [3.05, 3.63) is 90.0 Å². The molecular weight excluding hydrogens is 458 g/mol. The fraction of sp³-hybridized carbons (Fsp3) is 0.321. The van der Waals surface area contributed by atoms with Crippen LogP contribution in [-0.2, 0) is 17.8 Å². The Hall–Kier alpha value is -3.59. The highest BCUT2D eigenvalue weighted by Gasteiger charge is 2.24. The summed E-state index contributed by atoms with van der Waals surface area (Å²) >= 11 is 0. The van der Waals surface area contributed by atoms with E-state index in [4.69, 9.17) is 23.7 Å². The van der Waals surface area contributed by atoms with Gasteiger partial charge in [0, 0.05) is 19.7 Å². The number of aryl methyl sites for hydroxylation is 1. The Balaban J connectivity index is 1.71. The van der Waals surface area contributed by atoms with Crippen LogP contribution in [-0.4, -0.2) is 52.8 Å². The number of rotatable bonds is 13. The average Bonchev–Trinajstić information content (AvgIpc) is 3.52. The van der Waals surface area contributed by atoms with E-state index in [1.807, 2.05) is 80.6 Å². The highest BCUT2D eigenvalue weighted by Crippen LogP contribution is 2.36. The standard InChI is InChI=1S/C28H33N3O5/c1-4-34-20-23(32)17-30(18-24-13-10-16-35-24)19-25-21(2)29-31(22-11-6-5-7-12-22)28(25)36-27-15-9-8-14-26(27)33-3/h5-16,23,32H,4,17-20H2,1-3H3/t23-/m1/s1. The van der Waals surface area contributed by atoms with Crippen LogP contribution in [0, 0.1) is 6.92 Å². The molecule has 0 saturated carbocycles. The van der Waals surface area contributed by atoms with E-state index in [1.165, 1.54) is 0 Å². The van der Waals surface area contributed by atoms with Gasteiger partial charge in [-0.15, -0.1) is 0 Å². The van der Waals surface area contributed by atoms with Gasteiger partial charge in [-0.1, -0.05) is 30.3 Å². The van der Waals surface area contributed by atoms with Crippen LogP contribution in [0.15, 0.2) is 77.4 Å². The summed E-state index contributed by atoms with van der Waals surface area (Å²) in [6, 6.07) is 21.2. The van der Waals surface area contributed by atoms with Crippen LogP contribution in [0.25, 0.3) is 5.69 Å². The molecule has 2 heterocycles. The van der Waals surface area contributed by atoms with Crippen LogP contribution in [0.5, 0.6) is 17.4 Å². The van der Waals surface area contributed by atoms with Crippen LogP contribution in [0.4, 0.5) is 0 Å². The molecule has 0 fully saturated rings. The summed E-state index contributed by atoms with van der Waals surface area (Å²) in [4.78, 5) is 2.11. The van der Waals surface area contributed by atoms with Crippen molar-refractivity contribution in [1.29, 1.82) is 0 Å². The van der Waals surface area contributed by atoms with Crippen molar-refractivity contribution in [2.75, 3.05) is 26.9 Å². The van der Waals surface area contributed by atoms with Gasteiger partial charge in [0.2, 0.25) is 5.88 Å². The smallest absolute Gasteiger partial charge is 0.227 e. The maximum atomic E-state index is 10.6. The molecule has 2 aromatic carbocycles. The molecule has 1 atom stereocenters. The molecule has 36 heavy (non-hydrogen) atoms. The molecule has 4 rings (SSSR count). The summed E-state index contributed by atoms with van der Waals surface area (Å²) in [5.74, 6) is 2.61. The summed E-state index contributed by atoms with van der Waals surface area (Å²) in [6.07, 6.45) is 1.00. The number of methoxy groups -OCH3 is 1. The molecule has 0 amide bonds. The third-order valence-corrected chi connectivity index (χ3v) is 5.74. The number of para-hydroxylation sites is 3. The molecule has 8 heteroatoms. The van der Waals surface area contributed by atoms with Gasteiger partial charge in [-0.05, 0) is 50.2 Å². The molecule has 0 unspecified atom stereocenters. The number of benzene rings is 2. The molecular formula is C28H33N3O5. The molecule has 0 spiro atoms. The fourth-order valence-electron chi connectivity index (χ4n) is 4.01. The molecule has 8 nitrogen and oxygen atoms in total. The zero-order valence-electron chi connectivity index (χ0n) is 21.0. The normalized spacial score (nSPS) is 12.1. The lowest BCUT2D eigenvalue weighted by Crippen LogP contribution is -2.34.